The third kappa shape index (κ3) is 4.90. The van der Waals surface area contributed by atoms with Crippen molar-refractivity contribution in [3.63, 3.8) is 0 Å². The molecule has 2 aromatic heterocycles. The second-order valence-electron chi connectivity index (χ2n) is 8.20. The van der Waals surface area contributed by atoms with Crippen molar-refractivity contribution < 1.29 is 27.6 Å². The summed E-state index contributed by atoms with van der Waals surface area (Å²) in [5.41, 5.74) is -0.922. The quantitative estimate of drug-likeness (QED) is 0.191. The number of aromatic hydroxyl groups is 1. The van der Waals surface area contributed by atoms with Crippen molar-refractivity contribution in [3.05, 3.63) is 57.5 Å². The van der Waals surface area contributed by atoms with Crippen molar-refractivity contribution in [1.82, 2.24) is 25.2 Å². The van der Waals surface area contributed by atoms with Crippen LogP contribution in [0, 0.1) is 17.5 Å². The van der Waals surface area contributed by atoms with Crippen molar-refractivity contribution >= 4 is 25.7 Å². The molecule has 13 heteroatoms. The zero-order chi connectivity index (χ0) is 25.3. The normalized spacial score (nSPS) is 16.3. The number of nitrogens with zero attached hydrogens (tertiary/aromatic N) is 4. The Labute approximate surface area is 205 Å². The van der Waals surface area contributed by atoms with E-state index in [2.05, 4.69) is 20.6 Å². The van der Waals surface area contributed by atoms with Gasteiger partial charge in [-0.3, -0.25) is 0 Å². The van der Waals surface area contributed by atoms with Crippen LogP contribution in [0.5, 0.6) is 5.75 Å². The first-order valence-electron chi connectivity index (χ1n) is 10.8. The maximum atomic E-state index is 14.0. The number of halogens is 4. The van der Waals surface area contributed by atoms with Crippen LogP contribution in [0.2, 0.25) is 0 Å². The third-order valence-corrected chi connectivity index (χ3v) is 11.8. The third-order valence-electron chi connectivity index (χ3n) is 6.22. The first kappa shape index (κ1) is 25.1. The van der Waals surface area contributed by atoms with Crippen molar-refractivity contribution in [3.8, 4) is 17.3 Å². The molecular weight excluding hydrogens is 582 g/mol. The zero-order valence-electron chi connectivity index (χ0n) is 18.9. The van der Waals surface area contributed by atoms with Crippen LogP contribution in [0.15, 0.2) is 27.5 Å². The van der Waals surface area contributed by atoms with Gasteiger partial charge in [-0.25, -0.2) is 0 Å². The summed E-state index contributed by atoms with van der Waals surface area (Å²) in [6.07, 6.45) is 2.30. The van der Waals surface area contributed by atoms with Gasteiger partial charge in [0.1, 0.15) is 0 Å². The number of aromatic nitrogens is 4. The topological polar surface area (TPSA) is 123 Å². The number of carbonyl (C=O) groups excluding carboxylic acids is 1. The molecule has 0 atom stereocenters. The average Bonchev–Trinajstić information content (AvgIpc) is 3.36. The molecule has 1 amide bonds. The standard InChI is InChI=1S/C22H23F3IN5O4/c1-3-22(21-28-19(30-35-21)14-4-5-15(32)31(2)29-14)6-8-26(9-7-22)11-27-20(34)12-10-13(23)18(33)17(25)16(12)24/h4-5,10,33H,3,6-9,11H2,1-2H3,(H,27,34). The molecule has 3 aromatic rings. The van der Waals surface area contributed by atoms with E-state index in [-0.39, 0.29) is 11.0 Å². The van der Waals surface area contributed by atoms with Gasteiger partial charge < -0.3 is 0 Å². The summed E-state index contributed by atoms with van der Waals surface area (Å²) >= 11 is -1.67. The van der Waals surface area contributed by atoms with E-state index in [4.69, 9.17) is 9.63 Å². The Morgan fingerprint density at radius 2 is 1.97 bits per heavy atom. The fraction of sp³-hybridized carbons (Fsp3) is 0.409. The van der Waals surface area contributed by atoms with E-state index in [1.807, 2.05) is 6.92 Å². The van der Waals surface area contributed by atoms with Crippen LogP contribution in [0.3, 0.4) is 0 Å². The predicted octanol–water partition coefficient (Wildman–Crippen LogP) is 3.29. The summed E-state index contributed by atoms with van der Waals surface area (Å²) in [6, 6.07) is 3.41. The Morgan fingerprint density at radius 1 is 1.26 bits per heavy atom. The molecule has 1 fully saturated rings. The second kappa shape index (κ2) is 9.95. The molecule has 35 heavy (non-hydrogen) atoms. The van der Waals surface area contributed by atoms with Crippen LogP contribution < -0.4 is 10.9 Å². The molecule has 0 radical (unpaired) electrons. The molecule has 1 saturated heterocycles. The number of alkyl halides is 3. The van der Waals surface area contributed by atoms with E-state index in [9.17, 15) is 22.8 Å². The monoisotopic (exact) mass is 605 g/mol. The summed E-state index contributed by atoms with van der Waals surface area (Å²) in [7, 11) is 1.54. The summed E-state index contributed by atoms with van der Waals surface area (Å²) in [5.74, 6) is -6.34. The van der Waals surface area contributed by atoms with E-state index < -0.39 is 54.5 Å². The molecule has 0 aliphatic carbocycles. The van der Waals surface area contributed by atoms with Crippen LogP contribution >= 0.6 is 19.8 Å². The molecule has 0 bridgehead atoms. The van der Waals surface area contributed by atoms with Crippen LogP contribution in [0.4, 0.5) is 13.2 Å². The van der Waals surface area contributed by atoms with Gasteiger partial charge in [-0.2, -0.15) is 0 Å². The number of phenols is 1. The predicted molar refractivity (Wildman–Crippen MR) is 128 cm³/mol. The molecule has 1 aliphatic rings. The average molecular weight is 605 g/mol. The van der Waals surface area contributed by atoms with Gasteiger partial charge in [-0.1, -0.05) is 0 Å². The van der Waals surface area contributed by atoms with E-state index in [1.54, 1.807) is 0 Å². The number of carbonyl (C=O) groups is 1. The molecule has 0 saturated carbocycles. The fourth-order valence-corrected chi connectivity index (χ4v) is 9.64. The van der Waals surface area contributed by atoms with E-state index in [1.165, 1.54) is 23.9 Å². The van der Waals surface area contributed by atoms with Gasteiger partial charge in [0.25, 0.3) is 0 Å². The fourth-order valence-electron chi connectivity index (χ4n) is 3.87. The Morgan fingerprint density at radius 3 is 2.63 bits per heavy atom. The van der Waals surface area contributed by atoms with Gasteiger partial charge in [-0.05, 0) is 0 Å². The number of aryl methyl sites for hydroxylation is 1. The van der Waals surface area contributed by atoms with E-state index in [0.717, 1.165) is 28.1 Å². The molecule has 2 N–H and O–H groups in total. The summed E-state index contributed by atoms with van der Waals surface area (Å²) in [6.45, 7) is 2.04. The first-order chi connectivity index (χ1) is 16.6. The summed E-state index contributed by atoms with van der Waals surface area (Å²) < 4.78 is 49.9. The van der Waals surface area contributed by atoms with Crippen LogP contribution in [0.25, 0.3) is 11.5 Å². The number of hydrogen-bond acceptors (Lipinski definition) is 7. The van der Waals surface area contributed by atoms with Crippen molar-refractivity contribution in [1.29, 1.82) is 0 Å². The number of amides is 1. The van der Waals surface area contributed by atoms with Crippen molar-refractivity contribution in [2.75, 3.05) is 13.4 Å². The molecule has 4 rings (SSSR count). The van der Waals surface area contributed by atoms with Gasteiger partial charge in [-0.15, -0.1) is 0 Å². The Hall–Kier alpha value is -2.97. The van der Waals surface area contributed by atoms with E-state index in [0.29, 0.717) is 28.0 Å². The number of rotatable bonds is 6. The molecule has 9 nitrogen and oxygen atoms in total. The molecule has 3 heterocycles. The van der Waals surface area contributed by atoms with Gasteiger partial charge >= 0.3 is 205 Å². The summed E-state index contributed by atoms with van der Waals surface area (Å²) in [5, 5.41) is 19.9. The molecule has 0 unspecified atom stereocenters. The van der Waals surface area contributed by atoms with Gasteiger partial charge in [0.2, 0.25) is 0 Å². The van der Waals surface area contributed by atoms with Gasteiger partial charge in [0, 0.05) is 0 Å². The minimum absolute atomic E-state index is 0.248. The van der Waals surface area contributed by atoms with Crippen molar-refractivity contribution in [2.45, 2.75) is 31.6 Å². The molecule has 0 spiro atoms. The second-order valence-corrected chi connectivity index (χ2v) is 14.4. The summed E-state index contributed by atoms with van der Waals surface area (Å²) in [4.78, 5) is 28.4. The minimum atomic E-state index is -1.79. The molecular formula is C22H23F3IN5O4. The van der Waals surface area contributed by atoms with Gasteiger partial charge in [0.15, 0.2) is 0 Å². The maximum absolute atomic E-state index is 14.0. The SMILES string of the molecule is CCC1(c2nc(-c3ccc(=O)n(C)n3)no2)CCI(CNC(=O)c2cc(F)c(O)c(F)c2F)CC1. The number of hydrogen-bond donors (Lipinski definition) is 2. The molecule has 1 aliphatic heterocycles. The zero-order valence-corrected chi connectivity index (χ0v) is 21.1. The van der Waals surface area contributed by atoms with Crippen LogP contribution in [-0.4, -0.2) is 44.3 Å². The Kier molecular flexibility index (Phi) is 7.15. The number of phenolic OH excluding ortho intramolecular Hbond substituents is 1. The Bertz CT molecular complexity index is 1320. The molecule has 1 aromatic carbocycles. The van der Waals surface area contributed by atoms with Gasteiger partial charge in [0.05, 0.1) is 0 Å². The number of nitrogens with one attached hydrogen (secondary N) is 1. The molecule has 188 valence electrons. The number of benzene rings is 1. The first-order valence-corrected chi connectivity index (χ1v) is 15.3. The Balaban J connectivity index is 1.40. The van der Waals surface area contributed by atoms with Crippen LogP contribution in [0.1, 0.15) is 42.4 Å². The van der Waals surface area contributed by atoms with E-state index >= 15 is 0 Å². The van der Waals surface area contributed by atoms with Crippen molar-refractivity contribution in [2.24, 2.45) is 7.05 Å². The van der Waals surface area contributed by atoms with Crippen LogP contribution in [-0.2, 0) is 12.5 Å².